The van der Waals surface area contributed by atoms with Gasteiger partial charge in [-0.1, -0.05) is 0 Å². The topological polar surface area (TPSA) is 9.23 Å². The molecule has 1 rings (SSSR count). The van der Waals surface area contributed by atoms with Crippen LogP contribution in [0, 0.1) is 23.3 Å². The molecule has 0 heterocycles. The van der Waals surface area contributed by atoms with Crippen LogP contribution in [-0.2, 0) is 4.43 Å². The molecule has 0 spiro atoms. The van der Waals surface area contributed by atoms with Crippen LogP contribution in [0.25, 0.3) is 5.83 Å². The Hall–Kier alpha value is -0.773. The third-order valence-corrected chi connectivity index (χ3v) is 5.73. The number of hydrogen-bond acceptors (Lipinski definition) is 1. The third-order valence-electron chi connectivity index (χ3n) is 2.27. The van der Waals surface area contributed by atoms with Crippen molar-refractivity contribution in [3.05, 3.63) is 34.9 Å². The number of hydrogen-bond donors (Lipinski definition) is 0. The van der Waals surface area contributed by atoms with Crippen molar-refractivity contribution >= 4 is 40.1 Å². The maximum Gasteiger partial charge on any atom is 0.429 e. The number of rotatable bonds is 4. The van der Waals surface area contributed by atoms with Crippen molar-refractivity contribution in [1.82, 2.24) is 0 Å². The second kappa shape index (κ2) is 6.55. The van der Waals surface area contributed by atoms with E-state index >= 15 is 0 Å². The second-order valence-corrected chi connectivity index (χ2v) is 9.13. The summed E-state index contributed by atoms with van der Waals surface area (Å²) in [5.74, 6) is -11.9. The van der Waals surface area contributed by atoms with Gasteiger partial charge < -0.3 is 4.43 Å². The first-order chi connectivity index (χ1) is 9.56. The summed E-state index contributed by atoms with van der Waals surface area (Å²) < 4.78 is 96.2. The Morgan fingerprint density at radius 1 is 0.952 bits per heavy atom. The zero-order valence-corrected chi connectivity index (χ0v) is 12.5. The molecule has 1 nitrogen and oxygen atoms in total. The molecule has 0 atom stereocenters. The second-order valence-electron chi connectivity index (χ2n) is 3.53. The molecule has 118 valence electrons. The molecule has 1 aromatic rings. The van der Waals surface area contributed by atoms with E-state index in [9.17, 15) is 30.7 Å². The monoisotopic (exact) mass is 372 g/mol. The van der Waals surface area contributed by atoms with E-state index in [1.54, 1.807) is 0 Å². The smallest absolute Gasteiger partial charge is 0.389 e. The van der Waals surface area contributed by atoms with Crippen molar-refractivity contribution in [2.24, 2.45) is 0 Å². The van der Waals surface area contributed by atoms with Crippen LogP contribution in [0.1, 0.15) is 12.5 Å². The van der Waals surface area contributed by atoms with Crippen molar-refractivity contribution in [3.8, 4) is 0 Å². The summed E-state index contributed by atoms with van der Waals surface area (Å²) in [5, 5.41) is -1.47. The van der Waals surface area contributed by atoms with Gasteiger partial charge in [-0.15, -0.1) is 22.2 Å². The highest BCUT2D eigenvalue weighted by atomic mass is 35.7. The van der Waals surface area contributed by atoms with Gasteiger partial charge in [0, 0.05) is 6.61 Å². The first-order valence-corrected chi connectivity index (χ1v) is 9.08. The van der Waals surface area contributed by atoms with Gasteiger partial charge >= 0.3 is 13.0 Å². The van der Waals surface area contributed by atoms with Gasteiger partial charge in [-0.05, 0) is 6.92 Å². The summed E-state index contributed by atoms with van der Waals surface area (Å²) >= 11 is 11.1. The van der Waals surface area contributed by atoms with E-state index in [0.29, 0.717) is 0 Å². The van der Waals surface area contributed by atoms with Crippen LogP contribution in [0.2, 0.25) is 0 Å². The van der Waals surface area contributed by atoms with E-state index in [4.69, 9.17) is 22.2 Å². The van der Waals surface area contributed by atoms with Gasteiger partial charge in [-0.2, -0.15) is 8.78 Å². The third kappa shape index (κ3) is 3.36. The molecule has 0 bridgehead atoms. The van der Waals surface area contributed by atoms with E-state index < -0.39 is 52.9 Å². The van der Waals surface area contributed by atoms with Crippen molar-refractivity contribution in [2.75, 3.05) is 6.61 Å². The van der Waals surface area contributed by atoms with Gasteiger partial charge in [-0.25, -0.2) is 22.0 Å². The predicted molar refractivity (Wildman–Crippen MR) is 65.2 cm³/mol. The zero-order chi connectivity index (χ0) is 16.5. The fourth-order valence-corrected chi connectivity index (χ4v) is 4.32. The fraction of sp³-hybridized carbons (Fsp3) is 0.200. The highest BCUT2D eigenvalue weighted by molar-refractivity contribution is 7.48. The Kier molecular flexibility index (Phi) is 5.70. The standard InChI is InChI=1S/C10H5Cl2F7OSi/c1-2-20-21(11,12)9-7(16)4(13)3(5(14)8(9)17)6(15)10(18)19/h2H2,1H3. The highest BCUT2D eigenvalue weighted by Crippen LogP contribution is 2.31. The average Bonchev–Trinajstić information content (AvgIpc) is 2.36. The fourth-order valence-electron chi connectivity index (χ4n) is 1.43. The van der Waals surface area contributed by atoms with Gasteiger partial charge in [0.1, 0.15) is 0 Å². The van der Waals surface area contributed by atoms with E-state index in [2.05, 4.69) is 4.43 Å². The van der Waals surface area contributed by atoms with Gasteiger partial charge in [-0.3, -0.25) is 0 Å². The van der Waals surface area contributed by atoms with Gasteiger partial charge in [0.25, 0.3) is 0 Å². The van der Waals surface area contributed by atoms with Gasteiger partial charge in [0.05, 0.1) is 10.8 Å². The molecular formula is C10H5Cl2F7OSi. The Balaban J connectivity index is 3.74. The van der Waals surface area contributed by atoms with E-state index in [-0.39, 0.29) is 6.61 Å². The minimum Gasteiger partial charge on any atom is -0.389 e. The summed E-state index contributed by atoms with van der Waals surface area (Å²) in [6.45, 7) is -3.33. The summed E-state index contributed by atoms with van der Waals surface area (Å²) in [5.41, 5.74) is -2.18. The van der Waals surface area contributed by atoms with Crippen LogP contribution in [0.5, 0.6) is 0 Å². The molecule has 0 amide bonds. The summed E-state index contributed by atoms with van der Waals surface area (Å²) in [6, 6.07) is 0. The normalized spacial score (nSPS) is 11.7. The maximum absolute atomic E-state index is 13.7. The summed E-state index contributed by atoms with van der Waals surface area (Å²) in [4.78, 5) is 0. The maximum atomic E-state index is 13.7. The minimum atomic E-state index is -4.43. The summed E-state index contributed by atoms with van der Waals surface area (Å²) in [7, 11) is 0. The molecule has 0 aliphatic rings. The number of benzene rings is 1. The lowest BCUT2D eigenvalue weighted by Gasteiger charge is -2.19. The van der Waals surface area contributed by atoms with Crippen LogP contribution >= 0.6 is 22.2 Å². The van der Waals surface area contributed by atoms with E-state index in [1.807, 2.05) is 0 Å². The van der Waals surface area contributed by atoms with E-state index in [1.165, 1.54) is 6.92 Å². The lowest BCUT2D eigenvalue weighted by atomic mass is 10.1. The SMILES string of the molecule is CCO[Si](Cl)(Cl)c1c(F)c(F)c(C(F)=C(F)F)c(F)c1F. The molecule has 1 aromatic carbocycles. The molecule has 0 N–H and O–H groups in total. The van der Waals surface area contributed by atoms with Crippen molar-refractivity contribution in [3.63, 3.8) is 0 Å². The van der Waals surface area contributed by atoms with Crippen LogP contribution in [0.3, 0.4) is 0 Å². The molecule has 0 saturated carbocycles. The van der Waals surface area contributed by atoms with Gasteiger partial charge in [0.15, 0.2) is 23.3 Å². The molecular weight excluding hydrogens is 368 g/mol. The van der Waals surface area contributed by atoms with Crippen LogP contribution in [0.15, 0.2) is 6.08 Å². The summed E-state index contributed by atoms with van der Waals surface area (Å²) in [6.07, 6.45) is -3.15. The molecule has 0 aromatic heterocycles. The van der Waals surface area contributed by atoms with Gasteiger partial charge in [0.2, 0.25) is 5.83 Å². The number of halogens is 9. The average molecular weight is 373 g/mol. The zero-order valence-electron chi connectivity index (χ0n) is 10.0. The van der Waals surface area contributed by atoms with Crippen molar-refractivity contribution < 1.29 is 35.2 Å². The molecule has 0 fully saturated rings. The first-order valence-electron chi connectivity index (χ1n) is 5.15. The first kappa shape index (κ1) is 18.3. The Morgan fingerprint density at radius 2 is 1.38 bits per heavy atom. The van der Waals surface area contributed by atoms with Crippen LogP contribution in [-0.4, -0.2) is 13.5 Å². The molecule has 21 heavy (non-hydrogen) atoms. The Morgan fingerprint density at radius 3 is 1.71 bits per heavy atom. The molecule has 0 aliphatic heterocycles. The quantitative estimate of drug-likeness (QED) is 0.328. The van der Waals surface area contributed by atoms with Crippen LogP contribution < -0.4 is 5.19 Å². The molecule has 0 aliphatic carbocycles. The molecule has 0 unspecified atom stereocenters. The Labute approximate surface area is 124 Å². The van der Waals surface area contributed by atoms with Crippen molar-refractivity contribution in [1.29, 1.82) is 0 Å². The molecule has 11 heteroatoms. The molecule has 0 saturated heterocycles. The largest absolute Gasteiger partial charge is 0.429 e. The lowest BCUT2D eigenvalue weighted by molar-refractivity contribution is 0.352. The van der Waals surface area contributed by atoms with E-state index in [0.717, 1.165) is 0 Å². The Bertz CT molecular complexity index is 573. The lowest BCUT2D eigenvalue weighted by Crippen LogP contribution is -2.46. The van der Waals surface area contributed by atoms with Crippen molar-refractivity contribution in [2.45, 2.75) is 6.92 Å². The minimum absolute atomic E-state index is 0.240. The predicted octanol–water partition coefficient (Wildman–Crippen LogP) is 4.44. The molecule has 0 radical (unpaired) electrons. The highest BCUT2D eigenvalue weighted by Gasteiger charge is 2.44. The van der Waals surface area contributed by atoms with Crippen LogP contribution in [0.4, 0.5) is 30.7 Å².